The Bertz CT molecular complexity index is 527. The number of likely N-dealkylation sites (tertiary alicyclic amines) is 1. The fourth-order valence-electron chi connectivity index (χ4n) is 3.11. The summed E-state index contributed by atoms with van der Waals surface area (Å²) < 4.78 is 5.10. The minimum Gasteiger partial charge on any atom is -0.481 e. The van der Waals surface area contributed by atoms with Gasteiger partial charge < -0.3 is 14.7 Å². The molecule has 1 aliphatic rings. The second kappa shape index (κ2) is 6.92. The number of amides is 1. The van der Waals surface area contributed by atoms with Crippen LogP contribution in [0, 0.1) is 5.41 Å². The normalized spacial score (nSPS) is 23.1. The van der Waals surface area contributed by atoms with Gasteiger partial charge in [0.1, 0.15) is 5.41 Å². The topological polar surface area (TPSA) is 66.8 Å². The van der Waals surface area contributed by atoms with E-state index in [0.29, 0.717) is 19.4 Å². The number of carbonyl (C=O) groups is 2. The van der Waals surface area contributed by atoms with E-state index in [9.17, 15) is 14.7 Å². The summed E-state index contributed by atoms with van der Waals surface area (Å²) in [6, 6.07) is 9.57. The third-order valence-corrected chi connectivity index (χ3v) is 4.43. The highest BCUT2D eigenvalue weighted by Gasteiger charge is 2.44. The molecule has 0 aliphatic carbocycles. The highest BCUT2D eigenvalue weighted by Crippen LogP contribution is 2.32. The number of benzene rings is 1. The van der Waals surface area contributed by atoms with E-state index >= 15 is 0 Å². The number of nitrogens with zero attached hydrogens (tertiary/aromatic N) is 1. The number of carboxylic acids is 1. The van der Waals surface area contributed by atoms with Gasteiger partial charge in [0, 0.05) is 20.2 Å². The molecule has 5 nitrogen and oxygen atoms in total. The first-order valence-electron chi connectivity index (χ1n) is 7.56. The van der Waals surface area contributed by atoms with Gasteiger partial charge in [0.05, 0.1) is 12.5 Å². The maximum Gasteiger partial charge on any atom is 0.313 e. The molecule has 2 atom stereocenters. The zero-order valence-corrected chi connectivity index (χ0v) is 13.1. The molecule has 0 radical (unpaired) electrons. The average Bonchev–Trinajstić information content (AvgIpc) is 2.54. The predicted octanol–water partition coefficient (Wildman–Crippen LogP) is 2.13. The summed E-state index contributed by atoms with van der Waals surface area (Å²) >= 11 is 0. The van der Waals surface area contributed by atoms with Gasteiger partial charge in [-0.15, -0.1) is 0 Å². The molecule has 1 amide bonds. The molecule has 2 rings (SSSR count). The van der Waals surface area contributed by atoms with Crippen LogP contribution in [0.1, 0.15) is 31.2 Å². The highest BCUT2D eigenvalue weighted by atomic mass is 16.5. The van der Waals surface area contributed by atoms with Gasteiger partial charge in [-0.25, -0.2) is 0 Å². The van der Waals surface area contributed by atoms with Crippen molar-refractivity contribution in [1.82, 2.24) is 4.90 Å². The Labute approximate surface area is 130 Å². The second-order valence-corrected chi connectivity index (χ2v) is 6.01. The van der Waals surface area contributed by atoms with E-state index in [0.717, 1.165) is 5.56 Å². The van der Waals surface area contributed by atoms with Crippen molar-refractivity contribution in [2.75, 3.05) is 26.8 Å². The zero-order valence-electron chi connectivity index (χ0n) is 13.1. The van der Waals surface area contributed by atoms with E-state index in [1.54, 1.807) is 4.90 Å². The van der Waals surface area contributed by atoms with E-state index in [1.165, 1.54) is 7.11 Å². The van der Waals surface area contributed by atoms with Gasteiger partial charge >= 0.3 is 5.97 Å². The van der Waals surface area contributed by atoms with E-state index in [4.69, 9.17) is 4.74 Å². The van der Waals surface area contributed by atoms with Crippen molar-refractivity contribution in [2.24, 2.45) is 5.41 Å². The smallest absolute Gasteiger partial charge is 0.313 e. The number of carboxylic acid groups (broad SMARTS) is 1. The van der Waals surface area contributed by atoms with Crippen molar-refractivity contribution >= 4 is 11.9 Å². The van der Waals surface area contributed by atoms with Crippen molar-refractivity contribution in [1.29, 1.82) is 0 Å². The van der Waals surface area contributed by atoms with Crippen LogP contribution in [0.3, 0.4) is 0 Å². The first-order chi connectivity index (χ1) is 10.5. The summed E-state index contributed by atoms with van der Waals surface area (Å²) in [4.78, 5) is 26.0. The molecule has 5 heteroatoms. The Morgan fingerprint density at radius 2 is 2.05 bits per heavy atom. The monoisotopic (exact) mass is 305 g/mol. The van der Waals surface area contributed by atoms with Crippen LogP contribution in [0.4, 0.5) is 0 Å². The number of hydrogen-bond donors (Lipinski definition) is 1. The third kappa shape index (κ3) is 3.30. The number of hydrogen-bond acceptors (Lipinski definition) is 3. The summed E-state index contributed by atoms with van der Waals surface area (Å²) in [5.41, 5.74) is -0.0373. The Balaban J connectivity index is 2.14. The van der Waals surface area contributed by atoms with Crippen LogP contribution < -0.4 is 0 Å². The summed E-state index contributed by atoms with van der Waals surface area (Å²) in [7, 11) is 1.50. The first kappa shape index (κ1) is 16.5. The molecule has 1 N–H and O–H groups in total. The lowest BCUT2D eigenvalue weighted by Crippen LogP contribution is -2.52. The molecule has 1 aliphatic heterocycles. The van der Waals surface area contributed by atoms with Gasteiger partial charge in [-0.3, -0.25) is 9.59 Å². The molecule has 22 heavy (non-hydrogen) atoms. The van der Waals surface area contributed by atoms with Crippen molar-refractivity contribution in [3.05, 3.63) is 35.9 Å². The quantitative estimate of drug-likeness (QED) is 0.905. The van der Waals surface area contributed by atoms with Gasteiger partial charge in [0.2, 0.25) is 5.91 Å². The Morgan fingerprint density at radius 3 is 2.64 bits per heavy atom. The Hall–Kier alpha value is -1.88. The fraction of sp³-hybridized carbons (Fsp3) is 0.529. The van der Waals surface area contributed by atoms with Crippen LogP contribution in [0.2, 0.25) is 0 Å². The molecule has 1 unspecified atom stereocenters. The van der Waals surface area contributed by atoms with Crippen LogP contribution in [-0.2, 0) is 14.3 Å². The molecule has 0 saturated carbocycles. The lowest BCUT2D eigenvalue weighted by Gasteiger charge is -2.40. The minimum absolute atomic E-state index is 0.0207. The van der Waals surface area contributed by atoms with E-state index in [2.05, 4.69) is 0 Å². The van der Waals surface area contributed by atoms with E-state index < -0.39 is 11.4 Å². The molecule has 1 saturated heterocycles. The summed E-state index contributed by atoms with van der Waals surface area (Å²) in [5.74, 6) is -1.18. The summed E-state index contributed by atoms with van der Waals surface area (Å²) in [6.07, 6.45) is 1.22. The van der Waals surface area contributed by atoms with Crippen molar-refractivity contribution < 1.29 is 19.4 Å². The zero-order chi connectivity index (χ0) is 16.2. The number of ether oxygens (including phenoxy) is 1. The molecular weight excluding hydrogens is 282 g/mol. The molecular formula is C17H23NO4. The van der Waals surface area contributed by atoms with E-state index in [-0.39, 0.29) is 25.0 Å². The number of carbonyl (C=O) groups excluding carboxylic acids is 1. The second-order valence-electron chi connectivity index (χ2n) is 6.01. The van der Waals surface area contributed by atoms with Gasteiger partial charge in [-0.2, -0.15) is 0 Å². The van der Waals surface area contributed by atoms with Crippen molar-refractivity contribution in [2.45, 2.75) is 25.7 Å². The third-order valence-electron chi connectivity index (χ3n) is 4.43. The largest absolute Gasteiger partial charge is 0.481 e. The van der Waals surface area contributed by atoms with Gasteiger partial charge in [0.25, 0.3) is 0 Å². The van der Waals surface area contributed by atoms with Crippen molar-refractivity contribution in [3.63, 3.8) is 0 Å². The Morgan fingerprint density at radius 1 is 1.36 bits per heavy atom. The van der Waals surface area contributed by atoms with Gasteiger partial charge in [-0.05, 0) is 25.3 Å². The molecule has 1 fully saturated rings. The summed E-state index contributed by atoms with van der Waals surface area (Å²) in [6.45, 7) is 2.82. The average molecular weight is 305 g/mol. The Kier molecular flexibility index (Phi) is 5.19. The molecule has 1 aromatic rings. The maximum atomic E-state index is 12.7. The minimum atomic E-state index is -0.987. The van der Waals surface area contributed by atoms with Gasteiger partial charge in [0.15, 0.2) is 0 Å². The standard InChI is InChI=1S/C17H23NO4/c1-13(14-7-4-3-5-8-14)15(19)18-10-6-9-17(11-18,12-22-2)16(20)21/h3-5,7-8,13H,6,9-12H2,1-2H3,(H,20,21)/t13-,17?/m0/s1. The molecule has 0 bridgehead atoms. The predicted molar refractivity (Wildman–Crippen MR) is 82.6 cm³/mol. The molecule has 0 spiro atoms. The fourth-order valence-corrected chi connectivity index (χ4v) is 3.11. The highest BCUT2D eigenvalue weighted by molar-refractivity contribution is 5.84. The number of piperidine rings is 1. The van der Waals surface area contributed by atoms with Gasteiger partial charge in [-0.1, -0.05) is 30.3 Å². The molecule has 0 aromatic heterocycles. The van der Waals surface area contributed by atoms with Crippen LogP contribution in [-0.4, -0.2) is 48.7 Å². The molecule has 1 heterocycles. The first-order valence-corrected chi connectivity index (χ1v) is 7.56. The maximum absolute atomic E-state index is 12.7. The number of rotatable bonds is 5. The van der Waals surface area contributed by atoms with Crippen LogP contribution in [0.15, 0.2) is 30.3 Å². The lowest BCUT2D eigenvalue weighted by atomic mass is 9.80. The number of methoxy groups -OCH3 is 1. The lowest BCUT2D eigenvalue weighted by molar-refractivity contribution is -0.159. The van der Waals surface area contributed by atoms with E-state index in [1.807, 2.05) is 37.3 Å². The SMILES string of the molecule is COCC1(C(=O)O)CCCN(C(=O)[C@@H](C)c2ccccc2)C1. The van der Waals surface area contributed by atoms with Crippen LogP contribution >= 0.6 is 0 Å². The van der Waals surface area contributed by atoms with Crippen LogP contribution in [0.25, 0.3) is 0 Å². The molecule has 1 aromatic carbocycles. The van der Waals surface area contributed by atoms with Crippen LogP contribution in [0.5, 0.6) is 0 Å². The molecule has 120 valence electrons. The van der Waals surface area contributed by atoms with Crippen molar-refractivity contribution in [3.8, 4) is 0 Å². The number of aliphatic carboxylic acids is 1. The summed E-state index contributed by atoms with van der Waals surface area (Å²) in [5, 5.41) is 9.56.